The van der Waals surface area contributed by atoms with Crippen molar-refractivity contribution in [1.29, 1.82) is 0 Å². The molecule has 0 bridgehead atoms. The third-order valence-electron chi connectivity index (χ3n) is 5.66. The molecule has 0 N–H and O–H groups in total. The van der Waals surface area contributed by atoms with Crippen molar-refractivity contribution in [3.05, 3.63) is 57.9 Å². The number of ether oxygens (including phenoxy) is 1. The van der Waals surface area contributed by atoms with E-state index in [1.807, 2.05) is 36.0 Å². The van der Waals surface area contributed by atoms with Crippen LogP contribution in [0.5, 0.6) is 0 Å². The van der Waals surface area contributed by atoms with Gasteiger partial charge in [-0.15, -0.1) is 0 Å². The SMILES string of the molecule is Cn1c(C2CCCN2Cc2cc3n(n2)CCOC3)nc2ccccc2c1=O. The standard InChI is InChI=1S/C20H23N5O2/c1-23-19(21-17-6-3-2-5-16(17)20(23)26)18-7-4-8-24(18)12-14-11-15-13-27-10-9-25(15)22-14/h2-3,5-6,11,18H,4,7-10,12-13H2,1H3. The molecular formula is C20H23N5O2. The molecule has 2 aromatic heterocycles. The number of benzene rings is 1. The van der Waals surface area contributed by atoms with Gasteiger partial charge < -0.3 is 4.74 Å². The molecule has 140 valence electrons. The Hall–Kier alpha value is -2.51. The number of aromatic nitrogens is 4. The van der Waals surface area contributed by atoms with Gasteiger partial charge in [0.1, 0.15) is 5.82 Å². The Labute approximate surface area is 157 Å². The first kappa shape index (κ1) is 16.6. The molecule has 27 heavy (non-hydrogen) atoms. The van der Waals surface area contributed by atoms with E-state index in [1.165, 1.54) is 0 Å². The van der Waals surface area contributed by atoms with Gasteiger partial charge in [-0.25, -0.2) is 4.98 Å². The van der Waals surface area contributed by atoms with Gasteiger partial charge in [0, 0.05) is 13.6 Å². The molecule has 0 saturated carbocycles. The summed E-state index contributed by atoms with van der Waals surface area (Å²) >= 11 is 0. The van der Waals surface area contributed by atoms with E-state index in [1.54, 1.807) is 4.57 Å². The first-order valence-corrected chi connectivity index (χ1v) is 9.54. The Morgan fingerprint density at radius 3 is 3.04 bits per heavy atom. The van der Waals surface area contributed by atoms with Crippen LogP contribution in [0, 0.1) is 0 Å². The highest BCUT2D eigenvalue weighted by Crippen LogP contribution is 2.32. The van der Waals surface area contributed by atoms with Crippen molar-refractivity contribution in [2.24, 2.45) is 7.05 Å². The Morgan fingerprint density at radius 1 is 1.26 bits per heavy atom. The number of hydrogen-bond donors (Lipinski definition) is 0. The molecule has 1 unspecified atom stereocenters. The van der Waals surface area contributed by atoms with Crippen LogP contribution < -0.4 is 5.56 Å². The van der Waals surface area contributed by atoms with E-state index in [2.05, 4.69) is 11.0 Å². The highest BCUT2D eigenvalue weighted by molar-refractivity contribution is 5.77. The summed E-state index contributed by atoms with van der Waals surface area (Å²) in [5.41, 5.74) is 3.01. The van der Waals surface area contributed by atoms with Crippen molar-refractivity contribution in [2.75, 3.05) is 13.2 Å². The quantitative estimate of drug-likeness (QED) is 0.710. The number of hydrogen-bond acceptors (Lipinski definition) is 5. The van der Waals surface area contributed by atoms with Gasteiger partial charge >= 0.3 is 0 Å². The lowest BCUT2D eigenvalue weighted by molar-refractivity contribution is 0.0799. The smallest absolute Gasteiger partial charge is 0.261 e. The highest BCUT2D eigenvalue weighted by Gasteiger charge is 2.30. The van der Waals surface area contributed by atoms with Gasteiger partial charge in [0.05, 0.1) is 48.1 Å². The predicted octanol–water partition coefficient (Wildman–Crippen LogP) is 2.00. The van der Waals surface area contributed by atoms with E-state index in [-0.39, 0.29) is 11.6 Å². The molecule has 1 saturated heterocycles. The third-order valence-corrected chi connectivity index (χ3v) is 5.66. The molecule has 0 spiro atoms. The van der Waals surface area contributed by atoms with E-state index < -0.39 is 0 Å². The van der Waals surface area contributed by atoms with Crippen molar-refractivity contribution in [2.45, 2.75) is 38.6 Å². The maximum Gasteiger partial charge on any atom is 0.261 e. The van der Waals surface area contributed by atoms with E-state index in [0.29, 0.717) is 12.0 Å². The van der Waals surface area contributed by atoms with Gasteiger partial charge in [-0.3, -0.25) is 18.9 Å². The summed E-state index contributed by atoms with van der Waals surface area (Å²) in [6, 6.07) is 9.87. The maximum atomic E-state index is 12.8. The summed E-state index contributed by atoms with van der Waals surface area (Å²) in [6.45, 7) is 3.94. The third kappa shape index (κ3) is 2.87. The van der Waals surface area contributed by atoms with Crippen LogP contribution in [0.2, 0.25) is 0 Å². The van der Waals surface area contributed by atoms with Crippen LogP contribution in [0.25, 0.3) is 10.9 Å². The summed E-state index contributed by atoms with van der Waals surface area (Å²) < 4.78 is 9.29. The Bertz CT molecular complexity index is 1030. The van der Waals surface area contributed by atoms with Crippen molar-refractivity contribution in [3.63, 3.8) is 0 Å². The minimum absolute atomic E-state index is 0.0251. The number of para-hydroxylation sites is 1. The summed E-state index contributed by atoms with van der Waals surface area (Å²) in [5, 5.41) is 5.41. The monoisotopic (exact) mass is 365 g/mol. The van der Waals surface area contributed by atoms with Crippen LogP contribution >= 0.6 is 0 Å². The molecule has 5 rings (SSSR count). The summed E-state index contributed by atoms with van der Waals surface area (Å²) in [6.07, 6.45) is 2.11. The fourth-order valence-corrected chi connectivity index (χ4v) is 4.28. The molecule has 0 amide bonds. The number of fused-ring (bicyclic) bond motifs is 2. The Kier molecular flexibility index (Phi) is 4.06. The van der Waals surface area contributed by atoms with E-state index in [9.17, 15) is 4.79 Å². The second-order valence-corrected chi connectivity index (χ2v) is 7.38. The average molecular weight is 365 g/mol. The van der Waals surface area contributed by atoms with Gasteiger partial charge in [-0.1, -0.05) is 12.1 Å². The van der Waals surface area contributed by atoms with Gasteiger partial charge in [-0.2, -0.15) is 5.10 Å². The van der Waals surface area contributed by atoms with Gasteiger partial charge in [0.2, 0.25) is 0 Å². The molecule has 0 radical (unpaired) electrons. The number of likely N-dealkylation sites (tertiary alicyclic amines) is 1. The fraction of sp³-hybridized carbons (Fsp3) is 0.450. The summed E-state index contributed by atoms with van der Waals surface area (Å²) in [5.74, 6) is 0.850. The van der Waals surface area contributed by atoms with Crippen molar-refractivity contribution < 1.29 is 4.74 Å². The van der Waals surface area contributed by atoms with Crippen molar-refractivity contribution >= 4 is 10.9 Å². The minimum atomic E-state index is 0.0251. The Morgan fingerprint density at radius 2 is 2.15 bits per heavy atom. The largest absolute Gasteiger partial charge is 0.373 e. The van der Waals surface area contributed by atoms with Crippen LogP contribution in [0.4, 0.5) is 0 Å². The topological polar surface area (TPSA) is 65.2 Å². The summed E-state index contributed by atoms with van der Waals surface area (Å²) in [7, 11) is 1.83. The lowest BCUT2D eigenvalue weighted by Gasteiger charge is -2.24. The second-order valence-electron chi connectivity index (χ2n) is 7.38. The van der Waals surface area contributed by atoms with Crippen LogP contribution in [0.15, 0.2) is 35.1 Å². The van der Waals surface area contributed by atoms with Gasteiger partial charge in [0.25, 0.3) is 5.56 Å². The highest BCUT2D eigenvalue weighted by atomic mass is 16.5. The number of nitrogens with zero attached hydrogens (tertiary/aromatic N) is 5. The van der Waals surface area contributed by atoms with Gasteiger partial charge in [0.15, 0.2) is 0 Å². The van der Waals surface area contributed by atoms with Crippen molar-refractivity contribution in [3.8, 4) is 0 Å². The maximum absolute atomic E-state index is 12.8. The summed E-state index contributed by atoms with van der Waals surface area (Å²) in [4.78, 5) is 20.0. The van der Waals surface area contributed by atoms with Crippen LogP contribution in [-0.4, -0.2) is 37.4 Å². The van der Waals surface area contributed by atoms with E-state index in [0.717, 1.165) is 61.8 Å². The fourth-order valence-electron chi connectivity index (χ4n) is 4.28. The number of rotatable bonds is 3. The van der Waals surface area contributed by atoms with Crippen LogP contribution in [-0.2, 0) is 31.5 Å². The Balaban J connectivity index is 1.48. The molecule has 1 aromatic carbocycles. The van der Waals surface area contributed by atoms with E-state index >= 15 is 0 Å². The molecule has 7 nitrogen and oxygen atoms in total. The lowest BCUT2D eigenvalue weighted by atomic mass is 10.1. The van der Waals surface area contributed by atoms with Gasteiger partial charge in [-0.05, 0) is 37.6 Å². The first-order valence-electron chi connectivity index (χ1n) is 9.54. The molecular weight excluding hydrogens is 342 g/mol. The minimum Gasteiger partial charge on any atom is -0.373 e. The zero-order valence-corrected chi connectivity index (χ0v) is 15.5. The normalized spacial score (nSPS) is 20.3. The van der Waals surface area contributed by atoms with Crippen LogP contribution in [0.3, 0.4) is 0 Å². The molecule has 1 fully saturated rings. The first-order chi connectivity index (χ1) is 13.2. The zero-order valence-electron chi connectivity index (χ0n) is 15.5. The predicted molar refractivity (Wildman–Crippen MR) is 101 cm³/mol. The molecule has 2 aliphatic heterocycles. The molecule has 0 aliphatic carbocycles. The van der Waals surface area contributed by atoms with Crippen LogP contribution in [0.1, 0.15) is 36.1 Å². The average Bonchev–Trinajstić information content (AvgIpc) is 3.31. The molecule has 3 aromatic rings. The van der Waals surface area contributed by atoms with Crippen molar-refractivity contribution in [1.82, 2.24) is 24.2 Å². The second kappa shape index (κ2) is 6.58. The van der Waals surface area contributed by atoms with E-state index in [4.69, 9.17) is 14.8 Å². The molecule has 4 heterocycles. The lowest BCUT2D eigenvalue weighted by Crippen LogP contribution is -2.30. The molecule has 7 heteroatoms. The zero-order chi connectivity index (χ0) is 18.4. The molecule has 1 atom stereocenters. The molecule has 2 aliphatic rings.